The van der Waals surface area contributed by atoms with Crippen LogP contribution < -0.4 is 14.8 Å². The highest BCUT2D eigenvalue weighted by Gasteiger charge is 2.31. The van der Waals surface area contributed by atoms with E-state index in [1.54, 1.807) is 19.4 Å². The predicted octanol–water partition coefficient (Wildman–Crippen LogP) is 4.71. The van der Waals surface area contributed by atoms with Crippen LogP contribution in [0.4, 0.5) is 0 Å². The quantitative estimate of drug-likeness (QED) is 0.360. The first-order chi connectivity index (χ1) is 16.4. The number of halogens is 1. The van der Waals surface area contributed by atoms with E-state index in [0.717, 1.165) is 28.8 Å². The molecule has 1 aliphatic heterocycles. The third kappa shape index (κ3) is 5.24. The Kier molecular flexibility index (Phi) is 7.19. The lowest BCUT2D eigenvalue weighted by atomic mass is 10.1. The molecule has 0 bridgehead atoms. The minimum absolute atomic E-state index is 0.186. The minimum Gasteiger partial charge on any atom is -0.496 e. The molecule has 176 valence electrons. The number of carbonyl (C=O) groups is 1. The van der Waals surface area contributed by atoms with E-state index in [2.05, 4.69) is 10.4 Å². The number of aryl methyl sites for hydroxylation is 2. The molecule has 0 spiro atoms. The number of nitrogens with zero attached hydrogens (tertiary/aromatic N) is 3. The van der Waals surface area contributed by atoms with Crippen molar-refractivity contribution in [3.8, 4) is 11.5 Å². The lowest BCUT2D eigenvalue weighted by Crippen LogP contribution is -2.29. The van der Waals surface area contributed by atoms with Gasteiger partial charge < -0.3 is 14.8 Å². The summed E-state index contributed by atoms with van der Waals surface area (Å²) in [6, 6.07) is 11.3. The fraction of sp³-hybridized carbons (Fsp3) is 0.240. The van der Waals surface area contributed by atoms with Gasteiger partial charge in [0.1, 0.15) is 23.8 Å². The van der Waals surface area contributed by atoms with E-state index in [4.69, 9.17) is 33.3 Å². The molecule has 1 amide bonds. The van der Waals surface area contributed by atoms with Gasteiger partial charge >= 0.3 is 0 Å². The second-order valence-corrected chi connectivity index (χ2v) is 8.67. The summed E-state index contributed by atoms with van der Waals surface area (Å²) in [4.78, 5) is 14.5. The zero-order valence-electron chi connectivity index (χ0n) is 19.2. The van der Waals surface area contributed by atoms with Crippen LogP contribution in [0.15, 0.2) is 54.5 Å². The first kappa shape index (κ1) is 23.8. The van der Waals surface area contributed by atoms with Crippen molar-refractivity contribution >= 4 is 40.9 Å². The van der Waals surface area contributed by atoms with Gasteiger partial charge in [-0.15, -0.1) is 0 Å². The van der Waals surface area contributed by atoms with Crippen LogP contribution in [0.3, 0.4) is 0 Å². The first-order valence-electron chi connectivity index (χ1n) is 10.8. The van der Waals surface area contributed by atoms with Crippen LogP contribution in [0.5, 0.6) is 11.5 Å². The van der Waals surface area contributed by atoms with Gasteiger partial charge in [-0.1, -0.05) is 23.7 Å². The molecule has 2 heterocycles. The summed E-state index contributed by atoms with van der Waals surface area (Å²) in [7, 11) is 1.61. The van der Waals surface area contributed by atoms with Gasteiger partial charge in [0.2, 0.25) is 0 Å². The third-order valence-corrected chi connectivity index (χ3v) is 6.02. The van der Waals surface area contributed by atoms with Gasteiger partial charge in [-0.05, 0) is 67.5 Å². The Morgan fingerprint density at radius 2 is 2.00 bits per heavy atom. The van der Waals surface area contributed by atoms with Crippen LogP contribution >= 0.6 is 23.8 Å². The van der Waals surface area contributed by atoms with E-state index in [0.29, 0.717) is 33.9 Å². The van der Waals surface area contributed by atoms with Gasteiger partial charge in [-0.25, -0.2) is 0 Å². The average Bonchev–Trinajstić information content (AvgIpc) is 3.38. The van der Waals surface area contributed by atoms with Crippen LogP contribution in [-0.2, 0) is 24.5 Å². The number of nitrogens with one attached hydrogen (secondary N) is 1. The highest BCUT2D eigenvalue weighted by Crippen LogP contribution is 2.28. The van der Waals surface area contributed by atoms with Gasteiger partial charge in [0.15, 0.2) is 5.11 Å². The monoisotopic (exact) mass is 496 g/mol. The Morgan fingerprint density at radius 3 is 2.71 bits per heavy atom. The fourth-order valence-electron chi connectivity index (χ4n) is 3.60. The second kappa shape index (κ2) is 10.3. The Hall–Kier alpha value is -3.36. The summed E-state index contributed by atoms with van der Waals surface area (Å²) in [5.74, 6) is 1.09. The van der Waals surface area contributed by atoms with Gasteiger partial charge in [0, 0.05) is 23.9 Å². The average molecular weight is 497 g/mol. The van der Waals surface area contributed by atoms with E-state index in [1.165, 1.54) is 4.90 Å². The third-order valence-electron chi connectivity index (χ3n) is 5.40. The van der Waals surface area contributed by atoms with E-state index in [1.807, 2.05) is 61.1 Å². The Balaban J connectivity index is 1.51. The molecule has 1 aliphatic rings. The molecule has 0 radical (unpaired) electrons. The number of hydrogen-bond acceptors (Lipinski definition) is 5. The van der Waals surface area contributed by atoms with Crippen LogP contribution in [0, 0.1) is 6.92 Å². The maximum atomic E-state index is 13.0. The number of carbonyl (C=O) groups excluding carboxylic acids is 1. The minimum atomic E-state index is -0.186. The molecule has 9 heteroatoms. The molecule has 0 atom stereocenters. The lowest BCUT2D eigenvalue weighted by molar-refractivity contribution is -0.122. The SMILES string of the molecule is CCn1cc(CN2C(=O)/C(=C\c3ccc(OC)c(COc4ccc(C)cc4Cl)c3)NC2=S)cn1. The molecule has 34 heavy (non-hydrogen) atoms. The fourth-order valence-corrected chi connectivity index (χ4v) is 4.15. The zero-order chi connectivity index (χ0) is 24.2. The van der Waals surface area contributed by atoms with Crippen molar-refractivity contribution in [3.63, 3.8) is 0 Å². The molecule has 1 aromatic heterocycles. The van der Waals surface area contributed by atoms with Crippen LogP contribution in [0.2, 0.25) is 5.02 Å². The Bertz CT molecular complexity index is 1270. The predicted molar refractivity (Wildman–Crippen MR) is 136 cm³/mol. The van der Waals surface area contributed by atoms with Crippen molar-refractivity contribution in [2.75, 3.05) is 7.11 Å². The number of benzene rings is 2. The van der Waals surface area contributed by atoms with E-state index in [-0.39, 0.29) is 12.5 Å². The number of hydrogen-bond donors (Lipinski definition) is 1. The number of methoxy groups -OCH3 is 1. The normalized spacial score (nSPS) is 14.6. The van der Waals surface area contributed by atoms with E-state index >= 15 is 0 Å². The molecule has 1 N–H and O–H groups in total. The molecular weight excluding hydrogens is 472 g/mol. The maximum absolute atomic E-state index is 13.0. The standard InChI is InChI=1S/C25H25ClN4O3S/c1-4-29-13-18(12-27-29)14-30-24(31)21(28-25(30)34)11-17-6-8-22(32-3)19(10-17)15-33-23-7-5-16(2)9-20(23)26/h5-13H,4,14-15H2,1-3H3,(H,28,34)/b21-11+. The van der Waals surface area contributed by atoms with Crippen molar-refractivity contribution < 1.29 is 14.3 Å². The largest absolute Gasteiger partial charge is 0.496 e. The second-order valence-electron chi connectivity index (χ2n) is 7.88. The van der Waals surface area contributed by atoms with Gasteiger partial charge in [0.05, 0.1) is 24.9 Å². The van der Waals surface area contributed by atoms with Crippen molar-refractivity contribution in [2.45, 2.75) is 33.5 Å². The van der Waals surface area contributed by atoms with Crippen LogP contribution in [-0.4, -0.2) is 32.8 Å². The molecular formula is C25H25ClN4O3S. The molecule has 7 nitrogen and oxygen atoms in total. The van der Waals surface area contributed by atoms with Gasteiger partial charge in [0.25, 0.3) is 5.91 Å². The molecule has 2 aromatic carbocycles. The Morgan fingerprint density at radius 1 is 1.21 bits per heavy atom. The van der Waals surface area contributed by atoms with Gasteiger partial charge in [-0.2, -0.15) is 5.10 Å². The highest BCUT2D eigenvalue weighted by molar-refractivity contribution is 7.80. The van der Waals surface area contributed by atoms with Crippen molar-refractivity contribution in [2.24, 2.45) is 0 Å². The summed E-state index contributed by atoms with van der Waals surface area (Å²) in [5.41, 5.74) is 4.02. The zero-order valence-corrected chi connectivity index (χ0v) is 20.7. The number of aromatic nitrogens is 2. The van der Waals surface area contributed by atoms with Crippen LogP contribution in [0.25, 0.3) is 6.08 Å². The summed E-state index contributed by atoms with van der Waals surface area (Å²) in [5, 5.41) is 8.20. The molecule has 1 saturated heterocycles. The highest BCUT2D eigenvalue weighted by atomic mass is 35.5. The molecule has 1 fully saturated rings. The van der Waals surface area contributed by atoms with E-state index < -0.39 is 0 Å². The summed E-state index contributed by atoms with van der Waals surface area (Å²) in [6.45, 7) is 5.37. The summed E-state index contributed by atoms with van der Waals surface area (Å²) >= 11 is 11.7. The number of amides is 1. The van der Waals surface area contributed by atoms with Gasteiger partial charge in [-0.3, -0.25) is 14.4 Å². The molecule has 0 unspecified atom stereocenters. The Labute approximate surface area is 208 Å². The number of ether oxygens (including phenoxy) is 2. The van der Waals surface area contributed by atoms with Crippen molar-refractivity contribution in [1.82, 2.24) is 20.0 Å². The van der Waals surface area contributed by atoms with Crippen molar-refractivity contribution in [1.29, 1.82) is 0 Å². The van der Waals surface area contributed by atoms with E-state index in [9.17, 15) is 4.79 Å². The molecule has 0 saturated carbocycles. The number of rotatable bonds is 8. The first-order valence-corrected chi connectivity index (χ1v) is 11.6. The molecule has 4 rings (SSSR count). The smallest absolute Gasteiger partial charge is 0.276 e. The lowest BCUT2D eigenvalue weighted by Gasteiger charge is -2.13. The molecule has 3 aromatic rings. The van der Waals surface area contributed by atoms with Crippen molar-refractivity contribution in [3.05, 3.63) is 81.8 Å². The summed E-state index contributed by atoms with van der Waals surface area (Å²) in [6.07, 6.45) is 5.43. The topological polar surface area (TPSA) is 68.6 Å². The maximum Gasteiger partial charge on any atom is 0.276 e. The number of thiocarbonyl (C=S) groups is 1. The van der Waals surface area contributed by atoms with Crippen LogP contribution in [0.1, 0.15) is 29.2 Å². The summed E-state index contributed by atoms with van der Waals surface area (Å²) < 4.78 is 13.2. The molecule has 0 aliphatic carbocycles.